The molecule has 0 saturated carbocycles. The molecule has 0 aliphatic carbocycles. The lowest BCUT2D eigenvalue weighted by atomic mass is 10.1. The van der Waals surface area contributed by atoms with E-state index in [4.69, 9.17) is 5.11 Å². The first-order valence-corrected chi connectivity index (χ1v) is 5.20. The average Bonchev–Trinajstić information content (AvgIpc) is 2.25. The fourth-order valence-corrected chi connectivity index (χ4v) is 1.25. The normalized spacial score (nSPS) is 10.0. The van der Waals surface area contributed by atoms with Gasteiger partial charge in [-0.05, 0) is 31.9 Å². The SMILES string of the molecule is Cc1ccc(C(=O)NCCCCO)cc1. The number of benzene rings is 1. The lowest BCUT2D eigenvalue weighted by Gasteiger charge is -2.04. The molecule has 0 heterocycles. The van der Waals surface area contributed by atoms with E-state index in [-0.39, 0.29) is 12.5 Å². The lowest BCUT2D eigenvalue weighted by Crippen LogP contribution is -2.24. The van der Waals surface area contributed by atoms with E-state index in [9.17, 15) is 4.79 Å². The fourth-order valence-electron chi connectivity index (χ4n) is 1.25. The van der Waals surface area contributed by atoms with E-state index in [1.54, 1.807) is 0 Å². The van der Waals surface area contributed by atoms with Gasteiger partial charge in [-0.2, -0.15) is 0 Å². The van der Waals surface area contributed by atoms with Crippen LogP contribution in [0.4, 0.5) is 0 Å². The summed E-state index contributed by atoms with van der Waals surface area (Å²) in [4.78, 5) is 11.5. The van der Waals surface area contributed by atoms with Crippen LogP contribution in [0.3, 0.4) is 0 Å². The summed E-state index contributed by atoms with van der Waals surface area (Å²) in [5.74, 6) is -0.0482. The van der Waals surface area contributed by atoms with Gasteiger partial charge in [0.25, 0.3) is 5.91 Å². The maximum absolute atomic E-state index is 11.5. The summed E-state index contributed by atoms with van der Waals surface area (Å²) in [6.07, 6.45) is 1.54. The number of carbonyl (C=O) groups excluding carboxylic acids is 1. The minimum absolute atomic E-state index is 0.0482. The van der Waals surface area contributed by atoms with Gasteiger partial charge in [-0.15, -0.1) is 0 Å². The van der Waals surface area contributed by atoms with Crippen molar-refractivity contribution in [1.29, 1.82) is 0 Å². The summed E-state index contributed by atoms with van der Waals surface area (Å²) in [6.45, 7) is 2.79. The number of hydrogen-bond donors (Lipinski definition) is 2. The van der Waals surface area contributed by atoms with E-state index in [1.807, 2.05) is 31.2 Å². The number of hydrogen-bond acceptors (Lipinski definition) is 2. The second kappa shape index (κ2) is 6.19. The quantitative estimate of drug-likeness (QED) is 0.719. The Labute approximate surface area is 90.1 Å². The first kappa shape index (κ1) is 11.7. The van der Waals surface area contributed by atoms with Crippen LogP contribution in [0, 0.1) is 6.92 Å². The highest BCUT2D eigenvalue weighted by molar-refractivity contribution is 5.94. The van der Waals surface area contributed by atoms with Crippen LogP contribution in [0.25, 0.3) is 0 Å². The third kappa shape index (κ3) is 4.13. The molecule has 3 nitrogen and oxygen atoms in total. The second-order valence-electron chi connectivity index (χ2n) is 3.55. The van der Waals surface area contributed by atoms with Crippen molar-refractivity contribution in [2.24, 2.45) is 0 Å². The summed E-state index contributed by atoms with van der Waals surface area (Å²) >= 11 is 0. The monoisotopic (exact) mass is 207 g/mol. The topological polar surface area (TPSA) is 49.3 Å². The number of rotatable bonds is 5. The van der Waals surface area contributed by atoms with Gasteiger partial charge in [0, 0.05) is 18.7 Å². The van der Waals surface area contributed by atoms with E-state index < -0.39 is 0 Å². The molecule has 0 bridgehead atoms. The zero-order valence-corrected chi connectivity index (χ0v) is 8.99. The molecule has 1 amide bonds. The molecule has 1 aromatic carbocycles. The number of carbonyl (C=O) groups is 1. The molecule has 0 unspecified atom stereocenters. The van der Waals surface area contributed by atoms with Crippen LogP contribution in [-0.4, -0.2) is 24.2 Å². The minimum atomic E-state index is -0.0482. The molecule has 1 aromatic rings. The number of aliphatic hydroxyl groups excluding tert-OH is 1. The molecule has 1 rings (SSSR count). The van der Waals surface area contributed by atoms with Gasteiger partial charge in [0.15, 0.2) is 0 Å². The Morgan fingerprint density at radius 3 is 2.53 bits per heavy atom. The maximum atomic E-state index is 11.5. The second-order valence-corrected chi connectivity index (χ2v) is 3.55. The third-order valence-electron chi connectivity index (χ3n) is 2.18. The maximum Gasteiger partial charge on any atom is 0.251 e. The van der Waals surface area contributed by atoms with Crippen molar-refractivity contribution in [3.05, 3.63) is 35.4 Å². The Morgan fingerprint density at radius 2 is 1.93 bits per heavy atom. The zero-order valence-electron chi connectivity index (χ0n) is 8.99. The molecule has 0 aromatic heterocycles. The number of aryl methyl sites for hydroxylation is 1. The van der Waals surface area contributed by atoms with Crippen LogP contribution < -0.4 is 5.32 Å². The largest absolute Gasteiger partial charge is 0.396 e. The molecule has 0 fully saturated rings. The Hall–Kier alpha value is -1.35. The first-order valence-electron chi connectivity index (χ1n) is 5.20. The van der Waals surface area contributed by atoms with Crippen LogP contribution in [-0.2, 0) is 0 Å². The highest BCUT2D eigenvalue weighted by atomic mass is 16.2. The van der Waals surface area contributed by atoms with E-state index >= 15 is 0 Å². The molecule has 15 heavy (non-hydrogen) atoms. The van der Waals surface area contributed by atoms with Gasteiger partial charge in [-0.1, -0.05) is 17.7 Å². The summed E-state index contributed by atoms with van der Waals surface area (Å²) in [6, 6.07) is 7.47. The smallest absolute Gasteiger partial charge is 0.251 e. The van der Waals surface area contributed by atoms with Crippen molar-refractivity contribution >= 4 is 5.91 Å². The predicted molar refractivity (Wildman–Crippen MR) is 59.8 cm³/mol. The molecular weight excluding hydrogens is 190 g/mol. The zero-order chi connectivity index (χ0) is 11.1. The van der Waals surface area contributed by atoms with Gasteiger partial charge >= 0.3 is 0 Å². The summed E-state index contributed by atoms with van der Waals surface area (Å²) in [5, 5.41) is 11.4. The van der Waals surface area contributed by atoms with Gasteiger partial charge in [0.1, 0.15) is 0 Å². The lowest BCUT2D eigenvalue weighted by molar-refractivity contribution is 0.0952. The van der Waals surface area contributed by atoms with Gasteiger partial charge in [0.05, 0.1) is 0 Å². The summed E-state index contributed by atoms with van der Waals surface area (Å²) in [5.41, 5.74) is 1.83. The molecule has 82 valence electrons. The van der Waals surface area contributed by atoms with Crippen molar-refractivity contribution in [2.45, 2.75) is 19.8 Å². The predicted octanol–water partition coefficient (Wildman–Crippen LogP) is 1.50. The average molecular weight is 207 g/mol. The molecule has 0 saturated heterocycles. The Morgan fingerprint density at radius 1 is 1.27 bits per heavy atom. The van der Waals surface area contributed by atoms with Gasteiger partial charge in [0.2, 0.25) is 0 Å². The molecular formula is C12H17NO2. The number of aliphatic hydroxyl groups is 1. The van der Waals surface area contributed by atoms with Gasteiger partial charge in [-0.3, -0.25) is 4.79 Å². The highest BCUT2D eigenvalue weighted by Gasteiger charge is 2.02. The molecule has 2 N–H and O–H groups in total. The van der Waals surface area contributed by atoms with Crippen molar-refractivity contribution in [2.75, 3.05) is 13.2 Å². The van der Waals surface area contributed by atoms with Crippen LogP contribution in [0.2, 0.25) is 0 Å². The van der Waals surface area contributed by atoms with E-state index in [1.165, 1.54) is 0 Å². The number of amides is 1. The minimum Gasteiger partial charge on any atom is -0.396 e. The molecule has 0 aliphatic heterocycles. The third-order valence-corrected chi connectivity index (χ3v) is 2.18. The molecule has 0 spiro atoms. The molecule has 0 aliphatic rings. The van der Waals surface area contributed by atoms with Crippen LogP contribution >= 0.6 is 0 Å². The first-order chi connectivity index (χ1) is 7.24. The van der Waals surface area contributed by atoms with Crippen LogP contribution in [0.5, 0.6) is 0 Å². The van der Waals surface area contributed by atoms with Crippen LogP contribution in [0.15, 0.2) is 24.3 Å². The van der Waals surface area contributed by atoms with Crippen molar-refractivity contribution in [3.63, 3.8) is 0 Å². The highest BCUT2D eigenvalue weighted by Crippen LogP contribution is 2.02. The van der Waals surface area contributed by atoms with Gasteiger partial charge in [-0.25, -0.2) is 0 Å². The molecule has 3 heteroatoms. The molecule has 0 atom stereocenters. The van der Waals surface area contributed by atoms with E-state index in [0.29, 0.717) is 12.1 Å². The summed E-state index contributed by atoms with van der Waals surface area (Å²) < 4.78 is 0. The Kier molecular flexibility index (Phi) is 4.84. The number of nitrogens with one attached hydrogen (secondary N) is 1. The van der Waals surface area contributed by atoms with E-state index in [2.05, 4.69) is 5.32 Å². The fraction of sp³-hybridized carbons (Fsp3) is 0.417. The molecule has 0 radical (unpaired) electrons. The van der Waals surface area contributed by atoms with Crippen LogP contribution in [0.1, 0.15) is 28.8 Å². The Balaban J connectivity index is 2.37. The van der Waals surface area contributed by atoms with Gasteiger partial charge < -0.3 is 10.4 Å². The van der Waals surface area contributed by atoms with Crippen molar-refractivity contribution in [3.8, 4) is 0 Å². The summed E-state index contributed by atoms with van der Waals surface area (Å²) in [7, 11) is 0. The van der Waals surface area contributed by atoms with Crippen molar-refractivity contribution in [1.82, 2.24) is 5.32 Å². The standard InChI is InChI=1S/C12H17NO2/c1-10-4-6-11(7-5-10)12(15)13-8-2-3-9-14/h4-7,14H,2-3,8-9H2,1H3,(H,13,15). The Bertz CT molecular complexity index is 306. The number of unbranched alkanes of at least 4 members (excludes halogenated alkanes) is 1. The van der Waals surface area contributed by atoms with Crippen molar-refractivity contribution < 1.29 is 9.90 Å². The van der Waals surface area contributed by atoms with E-state index in [0.717, 1.165) is 18.4 Å².